The van der Waals surface area contributed by atoms with Gasteiger partial charge in [0.25, 0.3) is 0 Å². The van der Waals surface area contributed by atoms with Gasteiger partial charge in [0.05, 0.1) is 0 Å². The molecule has 0 heterocycles. The normalized spacial score (nSPS) is 18.4. The fourth-order valence-electron chi connectivity index (χ4n) is 9.45. The first-order valence-electron chi connectivity index (χ1n) is 18.3. The highest BCUT2D eigenvalue weighted by molar-refractivity contribution is 6.24. The Bertz CT molecular complexity index is 2820. The van der Waals surface area contributed by atoms with E-state index in [0.717, 1.165) is 0 Å². The van der Waals surface area contributed by atoms with E-state index in [1.165, 1.54) is 99.1 Å². The molecule has 0 nitrogen and oxygen atoms in total. The van der Waals surface area contributed by atoms with Crippen molar-refractivity contribution < 1.29 is 0 Å². The SMILES string of the molecule is C1=CC2=CC=C3C=CC(c4cccc(-c5c6ccccc6c(-c6cccc7cccc(-c8ccccc8)c67)c6ccccc56)c4)=C4C=CC(=C1)C2C34. The summed E-state index contributed by atoms with van der Waals surface area (Å²) in [7, 11) is 0. The number of benzene rings is 7. The molecule has 0 saturated carbocycles. The van der Waals surface area contributed by atoms with Crippen LogP contribution in [0.2, 0.25) is 0 Å². The summed E-state index contributed by atoms with van der Waals surface area (Å²) in [5.74, 6) is 0.748. The zero-order chi connectivity index (χ0) is 34.2. The monoisotopic (exact) mass is 658 g/mol. The van der Waals surface area contributed by atoms with E-state index in [1.807, 2.05) is 0 Å². The van der Waals surface area contributed by atoms with E-state index in [4.69, 9.17) is 0 Å². The molecule has 0 fully saturated rings. The van der Waals surface area contributed by atoms with E-state index in [1.54, 1.807) is 0 Å². The van der Waals surface area contributed by atoms with Gasteiger partial charge in [-0.25, -0.2) is 0 Å². The van der Waals surface area contributed by atoms with E-state index in [9.17, 15) is 0 Å². The Kier molecular flexibility index (Phi) is 6.48. The average Bonchev–Trinajstić information content (AvgIpc) is 3.22. The molecule has 2 atom stereocenters. The molecular formula is C52H34. The Labute approximate surface area is 304 Å². The van der Waals surface area contributed by atoms with Gasteiger partial charge < -0.3 is 0 Å². The molecule has 0 N–H and O–H groups in total. The summed E-state index contributed by atoms with van der Waals surface area (Å²) in [4.78, 5) is 0. The Morgan fingerprint density at radius 1 is 0.365 bits per heavy atom. The molecule has 0 bridgehead atoms. The molecule has 0 amide bonds. The number of rotatable bonds is 4. The number of fused-ring (bicyclic) bond motifs is 3. The van der Waals surface area contributed by atoms with Crippen molar-refractivity contribution in [2.24, 2.45) is 11.8 Å². The zero-order valence-electron chi connectivity index (χ0n) is 28.6. The molecule has 4 aliphatic carbocycles. The molecule has 52 heavy (non-hydrogen) atoms. The van der Waals surface area contributed by atoms with Gasteiger partial charge in [0.1, 0.15) is 0 Å². The molecule has 0 aliphatic heterocycles. The van der Waals surface area contributed by atoms with Crippen molar-refractivity contribution in [3.63, 3.8) is 0 Å². The fraction of sp³-hybridized carbons (Fsp3) is 0.0385. The van der Waals surface area contributed by atoms with Gasteiger partial charge in [-0.3, -0.25) is 0 Å². The molecule has 242 valence electrons. The zero-order valence-corrected chi connectivity index (χ0v) is 28.6. The van der Waals surface area contributed by atoms with Gasteiger partial charge in [0.2, 0.25) is 0 Å². The van der Waals surface area contributed by atoms with Crippen LogP contribution in [0.15, 0.2) is 217 Å². The van der Waals surface area contributed by atoms with Crippen LogP contribution in [-0.2, 0) is 0 Å². The lowest BCUT2D eigenvalue weighted by Crippen LogP contribution is -2.29. The molecule has 0 spiro atoms. The van der Waals surface area contributed by atoms with Crippen LogP contribution in [0.1, 0.15) is 5.56 Å². The van der Waals surface area contributed by atoms with Crippen LogP contribution < -0.4 is 0 Å². The summed E-state index contributed by atoms with van der Waals surface area (Å²) in [6, 6.07) is 51.6. The van der Waals surface area contributed by atoms with Crippen LogP contribution >= 0.6 is 0 Å². The van der Waals surface area contributed by atoms with Gasteiger partial charge in [-0.2, -0.15) is 0 Å². The number of hydrogen-bond acceptors (Lipinski definition) is 0. The summed E-state index contributed by atoms with van der Waals surface area (Å²) in [5, 5.41) is 7.63. The molecule has 7 aromatic carbocycles. The minimum atomic E-state index is 0.354. The van der Waals surface area contributed by atoms with E-state index < -0.39 is 0 Å². The highest BCUT2D eigenvalue weighted by Gasteiger charge is 2.38. The number of allylic oxidation sites excluding steroid dienone is 14. The van der Waals surface area contributed by atoms with Crippen molar-refractivity contribution in [1.29, 1.82) is 0 Å². The number of hydrogen-bond donors (Lipinski definition) is 0. The second-order valence-electron chi connectivity index (χ2n) is 14.3. The van der Waals surface area contributed by atoms with Gasteiger partial charge in [-0.15, -0.1) is 0 Å². The Balaban J connectivity index is 1.14. The van der Waals surface area contributed by atoms with Crippen molar-refractivity contribution in [2.75, 3.05) is 0 Å². The maximum atomic E-state index is 2.43. The van der Waals surface area contributed by atoms with Crippen molar-refractivity contribution >= 4 is 37.9 Å². The molecule has 11 rings (SSSR count). The molecule has 0 radical (unpaired) electrons. The third-order valence-corrected chi connectivity index (χ3v) is 11.7. The second kappa shape index (κ2) is 11.5. The predicted octanol–water partition coefficient (Wildman–Crippen LogP) is 13.6. The summed E-state index contributed by atoms with van der Waals surface area (Å²) >= 11 is 0. The first-order chi connectivity index (χ1) is 25.8. The lowest BCUT2D eigenvalue weighted by Gasteiger charge is -2.40. The lowest BCUT2D eigenvalue weighted by molar-refractivity contribution is 0.566. The average molecular weight is 659 g/mol. The first kappa shape index (κ1) is 29.3. The Hall–Kier alpha value is -6.50. The molecular weight excluding hydrogens is 625 g/mol. The highest BCUT2D eigenvalue weighted by atomic mass is 14.4. The van der Waals surface area contributed by atoms with Gasteiger partial charge in [0, 0.05) is 11.8 Å². The first-order valence-corrected chi connectivity index (χ1v) is 18.3. The van der Waals surface area contributed by atoms with Gasteiger partial charge in [-0.1, -0.05) is 188 Å². The summed E-state index contributed by atoms with van der Waals surface area (Å²) < 4.78 is 0. The smallest absolute Gasteiger partial charge is 0.0205 e. The van der Waals surface area contributed by atoms with Crippen LogP contribution in [0.4, 0.5) is 0 Å². The Morgan fingerprint density at radius 2 is 0.942 bits per heavy atom. The van der Waals surface area contributed by atoms with E-state index in [-0.39, 0.29) is 0 Å². The maximum Gasteiger partial charge on any atom is 0.0205 e. The maximum absolute atomic E-state index is 2.43. The van der Waals surface area contributed by atoms with Gasteiger partial charge >= 0.3 is 0 Å². The minimum absolute atomic E-state index is 0.354. The third-order valence-electron chi connectivity index (χ3n) is 11.7. The van der Waals surface area contributed by atoms with Crippen molar-refractivity contribution in [2.45, 2.75) is 0 Å². The van der Waals surface area contributed by atoms with Gasteiger partial charge in [-0.05, 0) is 105 Å². The molecule has 2 unspecified atom stereocenters. The molecule has 0 heteroatoms. The molecule has 4 aliphatic rings. The van der Waals surface area contributed by atoms with Gasteiger partial charge in [0.15, 0.2) is 0 Å². The lowest BCUT2D eigenvalue weighted by atomic mass is 9.63. The summed E-state index contributed by atoms with van der Waals surface area (Å²) in [6.45, 7) is 0. The van der Waals surface area contributed by atoms with Crippen LogP contribution in [0.5, 0.6) is 0 Å². The largest absolute Gasteiger partial charge is 0.0622 e. The predicted molar refractivity (Wildman–Crippen MR) is 221 cm³/mol. The molecule has 7 aromatic rings. The summed E-state index contributed by atoms with van der Waals surface area (Å²) in [5.41, 5.74) is 15.8. The van der Waals surface area contributed by atoms with Crippen LogP contribution in [-0.4, -0.2) is 0 Å². The fourth-order valence-corrected chi connectivity index (χ4v) is 9.45. The quantitative estimate of drug-likeness (QED) is 0.165. The highest BCUT2D eigenvalue weighted by Crippen LogP contribution is 2.52. The van der Waals surface area contributed by atoms with E-state index in [2.05, 4.69) is 194 Å². The van der Waals surface area contributed by atoms with Crippen LogP contribution in [0.25, 0.3) is 71.3 Å². The topological polar surface area (TPSA) is 0 Å². The van der Waals surface area contributed by atoms with Crippen LogP contribution in [0.3, 0.4) is 0 Å². The molecule has 0 aromatic heterocycles. The van der Waals surface area contributed by atoms with E-state index in [0.29, 0.717) is 11.8 Å². The summed E-state index contributed by atoms with van der Waals surface area (Å²) in [6.07, 6.45) is 20.8. The third kappa shape index (κ3) is 4.34. The van der Waals surface area contributed by atoms with Crippen molar-refractivity contribution in [3.05, 3.63) is 222 Å². The second-order valence-corrected chi connectivity index (χ2v) is 14.3. The van der Waals surface area contributed by atoms with Crippen molar-refractivity contribution in [3.8, 4) is 33.4 Å². The van der Waals surface area contributed by atoms with Crippen molar-refractivity contribution in [1.82, 2.24) is 0 Å². The standard InChI is InChI=1S/C52H34/c1-2-12-33(13-3-1)41-24-10-16-34-17-11-25-47(49(34)41)52-44-22-6-4-20-42(44)50(43-21-5-7-23-45(43)52)39-19-9-18-38(32-39)40-30-28-37-27-26-35-14-8-15-36-29-31-46(40)51(37)48(35)36/h1-32,48,51H. The molecule has 0 saturated heterocycles. The van der Waals surface area contributed by atoms with E-state index >= 15 is 0 Å². The van der Waals surface area contributed by atoms with Crippen LogP contribution in [0, 0.1) is 11.8 Å². The minimum Gasteiger partial charge on any atom is -0.0622 e. The Morgan fingerprint density at radius 3 is 1.69 bits per heavy atom.